The lowest BCUT2D eigenvalue weighted by atomic mass is 10.1. The highest BCUT2D eigenvalue weighted by Crippen LogP contribution is 2.23. The van der Waals surface area contributed by atoms with Crippen molar-refractivity contribution in [1.29, 1.82) is 0 Å². The Bertz CT molecular complexity index is 577. The van der Waals surface area contributed by atoms with E-state index in [0.717, 1.165) is 0 Å². The Balaban J connectivity index is 1.92. The second-order valence-electron chi connectivity index (χ2n) is 4.39. The molecule has 1 aliphatic rings. The van der Waals surface area contributed by atoms with Crippen LogP contribution in [-0.4, -0.2) is 23.1 Å². The molecule has 0 saturated heterocycles. The third kappa shape index (κ3) is 3.57. The summed E-state index contributed by atoms with van der Waals surface area (Å²) in [5.74, 6) is -1.96. The van der Waals surface area contributed by atoms with E-state index >= 15 is 0 Å². The number of benzene rings is 1. The summed E-state index contributed by atoms with van der Waals surface area (Å²) in [7, 11) is 0. The van der Waals surface area contributed by atoms with Crippen LogP contribution in [0, 0.1) is 11.7 Å². The second-order valence-corrected chi connectivity index (χ2v) is 5.25. The highest BCUT2D eigenvalue weighted by molar-refractivity contribution is 9.10. The van der Waals surface area contributed by atoms with Crippen molar-refractivity contribution in [2.75, 3.05) is 5.32 Å². The third-order valence-electron chi connectivity index (χ3n) is 2.89. The van der Waals surface area contributed by atoms with Crippen molar-refractivity contribution in [2.24, 2.45) is 5.92 Å². The molecule has 0 radical (unpaired) electrons. The van der Waals surface area contributed by atoms with Crippen LogP contribution in [0.5, 0.6) is 0 Å². The van der Waals surface area contributed by atoms with Gasteiger partial charge in [0.25, 0.3) is 0 Å². The fraction of sp³-hybridized carbons (Fsp3) is 0.231. The molecule has 1 aliphatic carbocycles. The van der Waals surface area contributed by atoms with Gasteiger partial charge in [0.1, 0.15) is 5.82 Å². The standard InChI is InChI=1S/C13H12BrFN2O3/c14-10-4-2-8(15)6-11(10)17-13(20)16-9-3-1-7(5-9)12(18)19/h1-4,6-7,9H,5H2,(H,18,19)(H2,16,17,20). The summed E-state index contributed by atoms with van der Waals surface area (Å²) < 4.78 is 13.6. The van der Waals surface area contributed by atoms with E-state index in [1.807, 2.05) is 0 Å². The van der Waals surface area contributed by atoms with Crippen LogP contribution in [0.15, 0.2) is 34.8 Å². The maximum Gasteiger partial charge on any atom is 0.319 e. The molecule has 0 spiro atoms. The van der Waals surface area contributed by atoms with Gasteiger partial charge in [-0.3, -0.25) is 4.79 Å². The number of urea groups is 1. The third-order valence-corrected chi connectivity index (χ3v) is 3.59. The molecule has 1 aromatic rings. The Morgan fingerprint density at radius 2 is 2.10 bits per heavy atom. The van der Waals surface area contributed by atoms with Gasteiger partial charge in [-0.15, -0.1) is 0 Å². The van der Waals surface area contributed by atoms with Crippen molar-refractivity contribution in [3.8, 4) is 0 Å². The number of hydrogen-bond acceptors (Lipinski definition) is 2. The Morgan fingerprint density at radius 1 is 1.35 bits per heavy atom. The van der Waals surface area contributed by atoms with Crippen LogP contribution in [0.3, 0.4) is 0 Å². The van der Waals surface area contributed by atoms with Crippen LogP contribution in [0.4, 0.5) is 14.9 Å². The summed E-state index contributed by atoms with van der Waals surface area (Å²) in [6.07, 6.45) is 3.50. The first-order chi connectivity index (χ1) is 9.45. The summed E-state index contributed by atoms with van der Waals surface area (Å²) in [6.45, 7) is 0. The molecule has 0 heterocycles. The second kappa shape index (κ2) is 6.04. The number of rotatable bonds is 3. The minimum absolute atomic E-state index is 0.305. The molecule has 2 atom stereocenters. The van der Waals surface area contributed by atoms with Crippen LogP contribution in [0.2, 0.25) is 0 Å². The number of nitrogens with one attached hydrogen (secondary N) is 2. The van der Waals surface area contributed by atoms with Crippen LogP contribution in [-0.2, 0) is 4.79 Å². The Morgan fingerprint density at radius 3 is 2.75 bits per heavy atom. The maximum absolute atomic E-state index is 13.1. The van der Waals surface area contributed by atoms with E-state index in [9.17, 15) is 14.0 Å². The normalized spacial score (nSPS) is 20.7. The molecule has 0 aromatic heterocycles. The van der Waals surface area contributed by atoms with Gasteiger partial charge in [0.15, 0.2) is 0 Å². The van der Waals surface area contributed by atoms with E-state index in [0.29, 0.717) is 16.6 Å². The Labute approximate surface area is 123 Å². The summed E-state index contributed by atoms with van der Waals surface area (Å²) in [6, 6.07) is 3.08. The molecule has 20 heavy (non-hydrogen) atoms. The summed E-state index contributed by atoms with van der Waals surface area (Å²) in [4.78, 5) is 22.5. The van der Waals surface area contributed by atoms with Gasteiger partial charge in [-0.2, -0.15) is 0 Å². The number of carboxylic acid groups (broad SMARTS) is 1. The molecule has 0 fully saturated rings. The highest BCUT2D eigenvalue weighted by atomic mass is 79.9. The smallest absolute Gasteiger partial charge is 0.319 e. The lowest BCUT2D eigenvalue weighted by molar-refractivity contribution is -0.140. The van der Waals surface area contributed by atoms with Crippen molar-refractivity contribution in [1.82, 2.24) is 5.32 Å². The van der Waals surface area contributed by atoms with Crippen LogP contribution < -0.4 is 10.6 Å². The average Bonchev–Trinajstić information content (AvgIpc) is 2.82. The number of carbonyl (C=O) groups is 2. The van der Waals surface area contributed by atoms with Gasteiger partial charge in [0.05, 0.1) is 17.6 Å². The van der Waals surface area contributed by atoms with Gasteiger partial charge in [-0.25, -0.2) is 9.18 Å². The van der Waals surface area contributed by atoms with Gasteiger partial charge in [-0.05, 0) is 40.5 Å². The molecule has 7 heteroatoms. The van der Waals surface area contributed by atoms with E-state index in [1.165, 1.54) is 18.2 Å². The zero-order chi connectivity index (χ0) is 14.7. The van der Waals surface area contributed by atoms with Gasteiger partial charge >= 0.3 is 12.0 Å². The van der Waals surface area contributed by atoms with E-state index in [1.54, 1.807) is 12.2 Å². The zero-order valence-corrected chi connectivity index (χ0v) is 11.9. The molecule has 106 valence electrons. The first-order valence-electron chi connectivity index (χ1n) is 5.89. The molecule has 2 unspecified atom stereocenters. The number of halogens is 2. The maximum atomic E-state index is 13.1. The summed E-state index contributed by atoms with van der Waals surface area (Å²) in [5, 5.41) is 14.0. The average molecular weight is 343 g/mol. The predicted molar refractivity (Wildman–Crippen MR) is 74.9 cm³/mol. The minimum atomic E-state index is -0.918. The number of carboxylic acids is 1. The fourth-order valence-electron chi connectivity index (χ4n) is 1.91. The molecular weight excluding hydrogens is 331 g/mol. The number of hydrogen-bond donors (Lipinski definition) is 3. The van der Waals surface area contributed by atoms with E-state index in [-0.39, 0.29) is 6.04 Å². The molecule has 1 aromatic carbocycles. The van der Waals surface area contributed by atoms with Gasteiger partial charge in [-0.1, -0.05) is 12.2 Å². The summed E-state index contributed by atoms with van der Waals surface area (Å²) in [5.41, 5.74) is 0.305. The Hall–Kier alpha value is -1.89. The van der Waals surface area contributed by atoms with Gasteiger partial charge < -0.3 is 15.7 Å². The monoisotopic (exact) mass is 342 g/mol. The quantitative estimate of drug-likeness (QED) is 0.739. The Kier molecular flexibility index (Phi) is 4.39. The van der Waals surface area contributed by atoms with Crippen LogP contribution in [0.1, 0.15) is 6.42 Å². The fourth-order valence-corrected chi connectivity index (χ4v) is 2.25. The number of aliphatic carboxylic acids is 1. The van der Waals surface area contributed by atoms with E-state index < -0.39 is 23.7 Å². The van der Waals surface area contributed by atoms with Crippen LogP contribution >= 0.6 is 15.9 Å². The number of carbonyl (C=O) groups excluding carboxylic acids is 1. The minimum Gasteiger partial charge on any atom is -0.481 e. The lowest BCUT2D eigenvalue weighted by Gasteiger charge is -2.14. The molecule has 2 amide bonds. The molecular formula is C13H12BrFN2O3. The highest BCUT2D eigenvalue weighted by Gasteiger charge is 2.25. The molecule has 0 bridgehead atoms. The van der Waals surface area contributed by atoms with Gasteiger partial charge in [0, 0.05) is 4.47 Å². The number of amides is 2. The molecule has 0 aliphatic heterocycles. The zero-order valence-electron chi connectivity index (χ0n) is 10.3. The topological polar surface area (TPSA) is 78.4 Å². The van der Waals surface area contributed by atoms with Crippen molar-refractivity contribution in [3.05, 3.63) is 40.6 Å². The summed E-state index contributed by atoms with van der Waals surface area (Å²) >= 11 is 3.20. The SMILES string of the molecule is O=C(Nc1cc(F)ccc1Br)NC1C=CC(C(=O)O)C1. The van der Waals surface area contributed by atoms with Crippen molar-refractivity contribution in [2.45, 2.75) is 12.5 Å². The molecule has 2 rings (SSSR count). The first-order valence-corrected chi connectivity index (χ1v) is 6.68. The molecule has 0 saturated carbocycles. The van der Waals surface area contributed by atoms with E-state index in [4.69, 9.17) is 5.11 Å². The van der Waals surface area contributed by atoms with E-state index in [2.05, 4.69) is 26.6 Å². The molecule has 5 nitrogen and oxygen atoms in total. The lowest BCUT2D eigenvalue weighted by Crippen LogP contribution is -2.36. The first kappa shape index (κ1) is 14.5. The van der Waals surface area contributed by atoms with Gasteiger partial charge in [0.2, 0.25) is 0 Å². The van der Waals surface area contributed by atoms with Crippen molar-refractivity contribution >= 4 is 33.6 Å². The molecule has 3 N–H and O–H groups in total. The van der Waals surface area contributed by atoms with Crippen molar-refractivity contribution < 1.29 is 19.1 Å². The predicted octanol–water partition coefficient (Wildman–Crippen LogP) is 2.74. The van der Waals surface area contributed by atoms with Crippen molar-refractivity contribution in [3.63, 3.8) is 0 Å². The largest absolute Gasteiger partial charge is 0.481 e. The number of anilines is 1. The van der Waals surface area contributed by atoms with Crippen LogP contribution in [0.25, 0.3) is 0 Å².